The van der Waals surface area contributed by atoms with Gasteiger partial charge in [0.25, 0.3) is 0 Å². The molecule has 1 saturated heterocycles. The number of thiophene rings is 1. The molecule has 4 atom stereocenters. The van der Waals surface area contributed by atoms with Crippen LogP contribution in [0.15, 0.2) is 23.7 Å². The fourth-order valence-electron chi connectivity index (χ4n) is 4.96. The van der Waals surface area contributed by atoms with Crippen molar-refractivity contribution in [1.29, 1.82) is 0 Å². The third-order valence-corrected chi connectivity index (χ3v) is 7.14. The third-order valence-electron chi connectivity index (χ3n) is 6.29. The van der Waals surface area contributed by atoms with Gasteiger partial charge in [0.15, 0.2) is 0 Å². The molecule has 2 aliphatic carbocycles. The van der Waals surface area contributed by atoms with Crippen LogP contribution >= 0.6 is 11.3 Å². The van der Waals surface area contributed by atoms with Crippen LogP contribution in [0, 0.1) is 11.3 Å². The molecule has 0 radical (unpaired) electrons. The van der Waals surface area contributed by atoms with Gasteiger partial charge >= 0.3 is 0 Å². The Labute approximate surface area is 135 Å². The molecule has 1 N–H and O–H groups in total. The first kappa shape index (κ1) is 13.5. The second kappa shape index (κ2) is 4.76. The number of pyridine rings is 1. The van der Waals surface area contributed by atoms with Gasteiger partial charge in [0.1, 0.15) is 0 Å². The van der Waals surface area contributed by atoms with E-state index in [-0.39, 0.29) is 0 Å². The van der Waals surface area contributed by atoms with Crippen LogP contribution in [0.1, 0.15) is 44.2 Å². The highest BCUT2D eigenvalue weighted by Gasteiger charge is 2.66. The van der Waals surface area contributed by atoms with Crippen molar-refractivity contribution in [2.75, 3.05) is 6.61 Å². The van der Waals surface area contributed by atoms with E-state index in [9.17, 15) is 0 Å². The first-order valence-electron chi connectivity index (χ1n) is 8.49. The first-order chi connectivity index (χ1) is 10.8. The van der Waals surface area contributed by atoms with Crippen molar-refractivity contribution < 1.29 is 4.74 Å². The van der Waals surface area contributed by atoms with Gasteiger partial charge in [-0.3, -0.25) is 4.98 Å². The van der Waals surface area contributed by atoms with E-state index in [1.165, 1.54) is 35.9 Å². The molecule has 3 nitrogen and oxygen atoms in total. The summed E-state index contributed by atoms with van der Waals surface area (Å²) in [6, 6.07) is 5.41. The van der Waals surface area contributed by atoms with Gasteiger partial charge in [0.2, 0.25) is 0 Å². The Morgan fingerprint density at radius 2 is 2.36 bits per heavy atom. The van der Waals surface area contributed by atoms with Gasteiger partial charge in [-0.1, -0.05) is 6.42 Å². The number of rotatable bonds is 3. The lowest BCUT2D eigenvalue weighted by atomic mass is 9.46. The van der Waals surface area contributed by atoms with E-state index in [4.69, 9.17) is 4.74 Å². The van der Waals surface area contributed by atoms with Gasteiger partial charge in [0.05, 0.1) is 16.3 Å². The van der Waals surface area contributed by atoms with Gasteiger partial charge in [-0.05, 0) is 49.3 Å². The molecule has 1 spiro atoms. The van der Waals surface area contributed by atoms with Gasteiger partial charge in [0, 0.05) is 36.2 Å². The molecule has 22 heavy (non-hydrogen) atoms. The van der Waals surface area contributed by atoms with Crippen molar-refractivity contribution in [3.05, 3.63) is 29.3 Å². The largest absolute Gasteiger partial charge is 0.377 e. The van der Waals surface area contributed by atoms with Gasteiger partial charge < -0.3 is 10.1 Å². The molecule has 5 rings (SSSR count). The molecular formula is C18H22N2OS. The summed E-state index contributed by atoms with van der Waals surface area (Å²) in [5.41, 5.74) is 2.88. The molecule has 0 bridgehead atoms. The molecule has 116 valence electrons. The predicted molar refractivity (Wildman–Crippen MR) is 89.1 cm³/mol. The molecule has 3 aliphatic rings. The number of ether oxygens (including phenoxy) is 1. The molecule has 4 heteroatoms. The highest BCUT2D eigenvalue weighted by molar-refractivity contribution is 7.17. The van der Waals surface area contributed by atoms with Crippen LogP contribution in [0.25, 0.3) is 10.2 Å². The Morgan fingerprint density at radius 3 is 3.18 bits per heavy atom. The Kier molecular flexibility index (Phi) is 2.91. The highest BCUT2D eigenvalue weighted by Crippen LogP contribution is 2.63. The van der Waals surface area contributed by atoms with Crippen molar-refractivity contribution in [3.8, 4) is 0 Å². The summed E-state index contributed by atoms with van der Waals surface area (Å²) in [6.45, 7) is 3.25. The minimum Gasteiger partial charge on any atom is -0.377 e. The zero-order valence-corrected chi connectivity index (χ0v) is 13.7. The summed E-state index contributed by atoms with van der Waals surface area (Å²) in [6.07, 6.45) is 7.90. The molecular weight excluding hydrogens is 292 g/mol. The quantitative estimate of drug-likeness (QED) is 0.933. The Morgan fingerprint density at radius 1 is 1.45 bits per heavy atom. The Bertz CT molecular complexity index is 708. The monoisotopic (exact) mass is 314 g/mol. The zero-order valence-electron chi connectivity index (χ0n) is 12.9. The van der Waals surface area contributed by atoms with E-state index in [2.05, 4.69) is 34.7 Å². The zero-order chi connectivity index (χ0) is 14.7. The van der Waals surface area contributed by atoms with E-state index in [0.29, 0.717) is 23.6 Å². The van der Waals surface area contributed by atoms with Crippen molar-refractivity contribution in [2.24, 2.45) is 11.3 Å². The molecule has 0 unspecified atom stereocenters. The van der Waals surface area contributed by atoms with Crippen LogP contribution in [0.2, 0.25) is 0 Å². The maximum Gasteiger partial charge on any atom is 0.0809 e. The van der Waals surface area contributed by atoms with Gasteiger partial charge in [-0.15, -0.1) is 11.3 Å². The molecule has 3 heterocycles. The molecule has 2 aromatic rings. The van der Waals surface area contributed by atoms with E-state index in [1.54, 1.807) is 11.3 Å². The number of fused-ring (bicyclic) bond motifs is 3. The Hall–Kier alpha value is -0.970. The fourth-order valence-corrected chi connectivity index (χ4v) is 5.75. The third kappa shape index (κ3) is 1.72. The predicted octanol–water partition coefficient (Wildman–Crippen LogP) is 3.90. The molecule has 2 aromatic heterocycles. The molecule has 2 saturated carbocycles. The van der Waals surface area contributed by atoms with Crippen LogP contribution in [0.3, 0.4) is 0 Å². The summed E-state index contributed by atoms with van der Waals surface area (Å²) in [5, 5.41) is 6.06. The minimum absolute atomic E-state index is 0.364. The van der Waals surface area contributed by atoms with Crippen LogP contribution in [-0.4, -0.2) is 23.7 Å². The summed E-state index contributed by atoms with van der Waals surface area (Å²) >= 11 is 1.78. The van der Waals surface area contributed by atoms with Crippen molar-refractivity contribution in [2.45, 2.75) is 50.8 Å². The second-order valence-corrected chi connectivity index (χ2v) is 8.22. The standard InChI is InChI=1S/C18H22N2OS/c1-11(12-9-15-14(19-10-12)4-8-22-15)20-16-13-3-7-21-17(13)18(16)5-2-6-18/h4,8-11,13,16-17,20H,2-3,5-7H2,1H3/t11-,13+,16+,17+/m0/s1. The van der Waals surface area contributed by atoms with Crippen molar-refractivity contribution in [1.82, 2.24) is 10.3 Å². The molecule has 0 aromatic carbocycles. The normalized spacial score (nSPS) is 33.4. The smallest absolute Gasteiger partial charge is 0.0809 e. The van der Waals surface area contributed by atoms with E-state index >= 15 is 0 Å². The molecule has 0 amide bonds. The van der Waals surface area contributed by atoms with Crippen LogP contribution in [-0.2, 0) is 4.74 Å². The minimum atomic E-state index is 0.364. The maximum absolute atomic E-state index is 6.02. The average molecular weight is 314 g/mol. The molecule has 3 fully saturated rings. The SMILES string of the molecule is C[C@H](N[C@@H]1[C@H]2CCO[C@H]2C12CCC2)c1cnc2ccsc2c1. The van der Waals surface area contributed by atoms with Crippen LogP contribution in [0.5, 0.6) is 0 Å². The van der Waals surface area contributed by atoms with Crippen LogP contribution in [0.4, 0.5) is 0 Å². The summed E-state index contributed by atoms with van der Waals surface area (Å²) < 4.78 is 7.32. The number of nitrogens with one attached hydrogen (secondary N) is 1. The topological polar surface area (TPSA) is 34.1 Å². The summed E-state index contributed by atoms with van der Waals surface area (Å²) in [5.74, 6) is 0.737. The first-order valence-corrected chi connectivity index (χ1v) is 9.37. The summed E-state index contributed by atoms with van der Waals surface area (Å²) in [4.78, 5) is 4.60. The van der Waals surface area contributed by atoms with E-state index < -0.39 is 0 Å². The highest BCUT2D eigenvalue weighted by atomic mass is 32.1. The van der Waals surface area contributed by atoms with Crippen molar-refractivity contribution >= 4 is 21.6 Å². The maximum atomic E-state index is 6.02. The molecule has 1 aliphatic heterocycles. The van der Waals surface area contributed by atoms with Crippen molar-refractivity contribution in [3.63, 3.8) is 0 Å². The second-order valence-electron chi connectivity index (χ2n) is 7.27. The van der Waals surface area contributed by atoms with E-state index in [1.807, 2.05) is 6.20 Å². The lowest BCUT2D eigenvalue weighted by molar-refractivity contribution is -0.178. The van der Waals surface area contributed by atoms with Gasteiger partial charge in [-0.2, -0.15) is 0 Å². The number of hydrogen-bond acceptors (Lipinski definition) is 4. The summed E-state index contributed by atoms with van der Waals surface area (Å²) in [7, 11) is 0. The van der Waals surface area contributed by atoms with Gasteiger partial charge in [-0.25, -0.2) is 0 Å². The average Bonchev–Trinajstić information content (AvgIpc) is 3.09. The number of aromatic nitrogens is 1. The fraction of sp³-hybridized carbons (Fsp3) is 0.611. The number of nitrogens with zero attached hydrogens (tertiary/aromatic N) is 1. The lowest BCUT2D eigenvalue weighted by Gasteiger charge is -2.64. The Balaban J connectivity index is 1.38. The van der Waals surface area contributed by atoms with E-state index in [0.717, 1.165) is 18.0 Å². The number of hydrogen-bond donors (Lipinski definition) is 1. The lowest BCUT2D eigenvalue weighted by Crippen LogP contribution is -2.71. The van der Waals surface area contributed by atoms with Crippen LogP contribution < -0.4 is 5.32 Å².